The molecule has 4 heteroatoms. The topological polar surface area (TPSA) is 36.9 Å². The van der Waals surface area contributed by atoms with Gasteiger partial charge in [0.25, 0.3) is 0 Å². The fourth-order valence-corrected chi connectivity index (χ4v) is 3.31. The molecule has 0 radical (unpaired) electrons. The second-order valence-electron chi connectivity index (χ2n) is 6.34. The highest BCUT2D eigenvalue weighted by Gasteiger charge is 2.24. The van der Waals surface area contributed by atoms with Crippen LogP contribution in [-0.2, 0) is 11.3 Å². The van der Waals surface area contributed by atoms with Crippen LogP contribution in [0.15, 0.2) is 47.5 Å². The van der Waals surface area contributed by atoms with Gasteiger partial charge >= 0.3 is 0 Å². The zero-order valence-corrected chi connectivity index (χ0v) is 14.7. The summed E-state index contributed by atoms with van der Waals surface area (Å²) in [5.74, 6) is 1.60. The van der Waals surface area contributed by atoms with Gasteiger partial charge in [0, 0.05) is 39.2 Å². The van der Waals surface area contributed by atoms with E-state index in [0.29, 0.717) is 5.92 Å². The minimum atomic E-state index is 0.615. The van der Waals surface area contributed by atoms with Crippen LogP contribution in [0, 0.1) is 5.92 Å². The Balaban J connectivity index is 1.57. The predicted molar refractivity (Wildman–Crippen MR) is 100 cm³/mol. The van der Waals surface area contributed by atoms with Crippen molar-refractivity contribution in [1.82, 2.24) is 10.2 Å². The Bertz CT molecular complexity index is 698. The number of benzene rings is 2. The van der Waals surface area contributed by atoms with Gasteiger partial charge in [0.15, 0.2) is 5.96 Å². The lowest BCUT2D eigenvalue weighted by Crippen LogP contribution is -2.39. The van der Waals surface area contributed by atoms with Crippen molar-refractivity contribution in [3.05, 3.63) is 48.0 Å². The summed E-state index contributed by atoms with van der Waals surface area (Å²) in [5, 5.41) is 6.07. The summed E-state index contributed by atoms with van der Waals surface area (Å²) in [6.45, 7) is 6.58. The molecule has 0 saturated carbocycles. The smallest absolute Gasteiger partial charge is 0.193 e. The molecule has 3 rings (SSSR count). The number of fused-ring (bicyclic) bond motifs is 1. The lowest BCUT2D eigenvalue weighted by atomic mass is 10.1. The quantitative estimate of drug-likeness (QED) is 0.677. The number of ether oxygens (including phenoxy) is 1. The van der Waals surface area contributed by atoms with Crippen molar-refractivity contribution in [3.8, 4) is 0 Å². The number of guanidine groups is 1. The first-order valence-corrected chi connectivity index (χ1v) is 8.81. The molecule has 1 atom stereocenters. The number of hydrogen-bond donors (Lipinski definition) is 1. The Morgan fingerprint density at radius 3 is 2.88 bits per heavy atom. The molecule has 1 saturated heterocycles. The van der Waals surface area contributed by atoms with E-state index in [2.05, 4.69) is 64.6 Å². The molecule has 0 amide bonds. The second-order valence-corrected chi connectivity index (χ2v) is 6.34. The zero-order valence-electron chi connectivity index (χ0n) is 14.7. The molecule has 2 aromatic carbocycles. The molecular formula is C20H27N3O. The third-order valence-electron chi connectivity index (χ3n) is 4.62. The molecule has 2 aromatic rings. The number of aliphatic imine (C=N–C) groups is 1. The number of likely N-dealkylation sites (tertiary alicyclic amines) is 1. The third-order valence-corrected chi connectivity index (χ3v) is 4.62. The van der Waals surface area contributed by atoms with Crippen molar-refractivity contribution in [2.45, 2.75) is 19.9 Å². The molecule has 0 spiro atoms. The Morgan fingerprint density at radius 2 is 2.08 bits per heavy atom. The predicted octanol–water partition coefficient (Wildman–Crippen LogP) is 3.27. The molecule has 1 fully saturated rings. The van der Waals surface area contributed by atoms with Gasteiger partial charge in [-0.2, -0.15) is 0 Å². The summed E-state index contributed by atoms with van der Waals surface area (Å²) in [6, 6.07) is 15.1. The molecule has 0 aromatic heterocycles. The average Bonchev–Trinajstić information content (AvgIpc) is 3.09. The van der Waals surface area contributed by atoms with E-state index in [9.17, 15) is 0 Å². The summed E-state index contributed by atoms with van der Waals surface area (Å²) in [6.07, 6.45) is 1.18. The summed E-state index contributed by atoms with van der Waals surface area (Å²) < 4.78 is 5.56. The Hall–Kier alpha value is -2.07. The van der Waals surface area contributed by atoms with Crippen LogP contribution in [0.1, 0.15) is 18.9 Å². The number of nitrogens with zero attached hydrogens (tertiary/aromatic N) is 2. The molecule has 128 valence electrons. The van der Waals surface area contributed by atoms with E-state index in [1.54, 1.807) is 0 Å². The van der Waals surface area contributed by atoms with Gasteiger partial charge in [-0.25, -0.2) is 0 Å². The van der Waals surface area contributed by atoms with Gasteiger partial charge in [0.05, 0.1) is 6.61 Å². The van der Waals surface area contributed by atoms with Gasteiger partial charge in [-0.05, 0) is 35.7 Å². The van der Waals surface area contributed by atoms with Crippen molar-refractivity contribution in [2.75, 3.05) is 33.4 Å². The molecule has 0 aliphatic carbocycles. The standard InChI is InChI=1S/C20H27N3O/c1-3-24-15-17-10-11-23(14-17)20(21-2)22-13-16-8-9-18-6-4-5-7-19(18)12-16/h4-9,12,17H,3,10-11,13-15H2,1-2H3,(H,21,22). The van der Waals surface area contributed by atoms with Gasteiger partial charge in [0.1, 0.15) is 0 Å². The highest BCUT2D eigenvalue weighted by Crippen LogP contribution is 2.18. The van der Waals surface area contributed by atoms with Gasteiger partial charge < -0.3 is 15.0 Å². The van der Waals surface area contributed by atoms with Gasteiger partial charge in [-0.3, -0.25) is 4.99 Å². The lowest BCUT2D eigenvalue weighted by molar-refractivity contribution is 0.114. The first-order chi connectivity index (χ1) is 11.8. The van der Waals surface area contributed by atoms with Crippen molar-refractivity contribution < 1.29 is 4.74 Å². The highest BCUT2D eigenvalue weighted by molar-refractivity contribution is 5.83. The Labute approximate surface area is 144 Å². The van der Waals surface area contributed by atoms with Crippen molar-refractivity contribution in [3.63, 3.8) is 0 Å². The average molecular weight is 325 g/mol. The van der Waals surface area contributed by atoms with E-state index in [-0.39, 0.29) is 0 Å². The second kappa shape index (κ2) is 8.15. The fourth-order valence-electron chi connectivity index (χ4n) is 3.31. The normalized spacial score (nSPS) is 18.3. The van der Waals surface area contributed by atoms with E-state index in [1.165, 1.54) is 22.8 Å². The molecule has 24 heavy (non-hydrogen) atoms. The molecule has 1 aliphatic heterocycles. The number of nitrogens with one attached hydrogen (secondary N) is 1. The maximum absolute atomic E-state index is 5.56. The monoisotopic (exact) mass is 325 g/mol. The minimum Gasteiger partial charge on any atom is -0.381 e. The Kier molecular flexibility index (Phi) is 5.70. The van der Waals surface area contributed by atoms with Crippen LogP contribution in [0.5, 0.6) is 0 Å². The maximum Gasteiger partial charge on any atom is 0.193 e. The third kappa shape index (κ3) is 4.06. The van der Waals surface area contributed by atoms with Crippen LogP contribution in [0.3, 0.4) is 0 Å². The molecule has 1 unspecified atom stereocenters. The molecule has 4 nitrogen and oxygen atoms in total. The SMILES string of the molecule is CCOCC1CCN(C(=NC)NCc2ccc3ccccc3c2)C1. The van der Waals surface area contributed by atoms with Crippen LogP contribution in [-0.4, -0.2) is 44.2 Å². The van der Waals surface area contributed by atoms with E-state index in [4.69, 9.17) is 4.74 Å². The van der Waals surface area contributed by atoms with Gasteiger partial charge in [-0.15, -0.1) is 0 Å². The maximum atomic E-state index is 5.56. The van der Waals surface area contributed by atoms with Crippen LogP contribution in [0.2, 0.25) is 0 Å². The largest absolute Gasteiger partial charge is 0.381 e. The highest BCUT2D eigenvalue weighted by atomic mass is 16.5. The van der Waals surface area contributed by atoms with Crippen LogP contribution in [0.25, 0.3) is 10.8 Å². The lowest BCUT2D eigenvalue weighted by Gasteiger charge is -2.22. The molecule has 1 aliphatic rings. The van der Waals surface area contributed by atoms with Crippen LogP contribution >= 0.6 is 0 Å². The summed E-state index contributed by atoms with van der Waals surface area (Å²) >= 11 is 0. The van der Waals surface area contributed by atoms with E-state index in [0.717, 1.165) is 38.8 Å². The molecule has 1 N–H and O–H groups in total. The van der Waals surface area contributed by atoms with Crippen molar-refractivity contribution >= 4 is 16.7 Å². The molecular weight excluding hydrogens is 298 g/mol. The van der Waals surface area contributed by atoms with Gasteiger partial charge in [0.2, 0.25) is 0 Å². The van der Waals surface area contributed by atoms with E-state index < -0.39 is 0 Å². The Morgan fingerprint density at radius 1 is 1.25 bits per heavy atom. The van der Waals surface area contributed by atoms with E-state index in [1.807, 2.05) is 7.05 Å². The molecule has 1 heterocycles. The minimum absolute atomic E-state index is 0.615. The summed E-state index contributed by atoms with van der Waals surface area (Å²) in [7, 11) is 1.86. The zero-order chi connectivity index (χ0) is 16.8. The first kappa shape index (κ1) is 16.8. The summed E-state index contributed by atoms with van der Waals surface area (Å²) in [4.78, 5) is 6.79. The van der Waals surface area contributed by atoms with Crippen molar-refractivity contribution in [2.24, 2.45) is 10.9 Å². The number of rotatable bonds is 5. The van der Waals surface area contributed by atoms with Gasteiger partial charge in [-0.1, -0.05) is 36.4 Å². The van der Waals surface area contributed by atoms with Crippen molar-refractivity contribution in [1.29, 1.82) is 0 Å². The summed E-state index contributed by atoms with van der Waals surface area (Å²) in [5.41, 5.74) is 1.28. The van der Waals surface area contributed by atoms with Crippen LogP contribution < -0.4 is 5.32 Å². The number of hydrogen-bond acceptors (Lipinski definition) is 2. The molecule has 0 bridgehead atoms. The van der Waals surface area contributed by atoms with E-state index >= 15 is 0 Å². The van der Waals surface area contributed by atoms with Crippen LogP contribution in [0.4, 0.5) is 0 Å². The fraction of sp³-hybridized carbons (Fsp3) is 0.450. The first-order valence-electron chi connectivity index (χ1n) is 8.81.